The summed E-state index contributed by atoms with van der Waals surface area (Å²) >= 11 is 0. The first kappa shape index (κ1) is 11.4. The van der Waals surface area contributed by atoms with Gasteiger partial charge >= 0.3 is 0 Å². The summed E-state index contributed by atoms with van der Waals surface area (Å²) in [5.41, 5.74) is 0. The van der Waals surface area contributed by atoms with Crippen molar-refractivity contribution in [3.05, 3.63) is 0 Å². The smallest absolute Gasteiger partial charge is 0.0644 e. The van der Waals surface area contributed by atoms with Crippen LogP contribution >= 0.6 is 0 Å². The molecule has 3 heteroatoms. The molecule has 3 nitrogen and oxygen atoms in total. The van der Waals surface area contributed by atoms with Gasteiger partial charge in [-0.3, -0.25) is 4.90 Å². The maximum atomic E-state index is 9.27. The molecule has 0 aromatic rings. The molecular formula is C12H23NO2. The van der Waals surface area contributed by atoms with Gasteiger partial charge in [0.2, 0.25) is 0 Å². The van der Waals surface area contributed by atoms with E-state index in [2.05, 4.69) is 4.90 Å². The maximum Gasteiger partial charge on any atom is 0.0644 e. The predicted molar refractivity (Wildman–Crippen MR) is 59.8 cm³/mol. The fourth-order valence-electron chi connectivity index (χ4n) is 2.80. The van der Waals surface area contributed by atoms with E-state index >= 15 is 0 Å². The van der Waals surface area contributed by atoms with Gasteiger partial charge in [-0.05, 0) is 18.8 Å². The lowest BCUT2D eigenvalue weighted by atomic mass is 9.88. The first-order valence-corrected chi connectivity index (χ1v) is 6.33. The van der Waals surface area contributed by atoms with Crippen molar-refractivity contribution < 1.29 is 9.84 Å². The highest BCUT2D eigenvalue weighted by atomic mass is 16.5. The normalized spacial score (nSPS) is 30.6. The molecule has 2 rings (SSSR count). The zero-order valence-electron chi connectivity index (χ0n) is 9.53. The lowest BCUT2D eigenvalue weighted by molar-refractivity contribution is -0.0353. The molecule has 0 amide bonds. The van der Waals surface area contributed by atoms with Gasteiger partial charge < -0.3 is 9.84 Å². The van der Waals surface area contributed by atoms with Gasteiger partial charge in [0.25, 0.3) is 0 Å². The standard InChI is InChI=1S/C12H23NO2/c14-9-12-10-15-7-6-13(12)8-11-4-2-1-3-5-11/h11-12,14H,1-10H2. The minimum absolute atomic E-state index is 0.243. The van der Waals surface area contributed by atoms with Gasteiger partial charge in [-0.15, -0.1) is 0 Å². The van der Waals surface area contributed by atoms with Crippen LogP contribution in [0.2, 0.25) is 0 Å². The first-order valence-electron chi connectivity index (χ1n) is 6.33. The van der Waals surface area contributed by atoms with E-state index < -0.39 is 0 Å². The Hall–Kier alpha value is -0.120. The Kier molecular flexibility index (Phi) is 4.42. The fourth-order valence-corrected chi connectivity index (χ4v) is 2.80. The molecule has 1 atom stereocenters. The van der Waals surface area contributed by atoms with Crippen LogP contribution in [0.5, 0.6) is 0 Å². The van der Waals surface area contributed by atoms with Gasteiger partial charge in [0.05, 0.1) is 25.9 Å². The first-order chi connectivity index (χ1) is 7.40. The van der Waals surface area contributed by atoms with Gasteiger partial charge in [0, 0.05) is 13.1 Å². The summed E-state index contributed by atoms with van der Waals surface area (Å²) in [6.45, 7) is 3.97. The van der Waals surface area contributed by atoms with Gasteiger partial charge in [-0.25, -0.2) is 0 Å². The van der Waals surface area contributed by atoms with E-state index in [4.69, 9.17) is 4.74 Å². The molecule has 1 heterocycles. The summed E-state index contributed by atoms with van der Waals surface area (Å²) in [5.74, 6) is 0.867. The molecule has 0 spiro atoms. The van der Waals surface area contributed by atoms with Crippen LogP contribution in [0.3, 0.4) is 0 Å². The van der Waals surface area contributed by atoms with E-state index in [1.807, 2.05) is 0 Å². The minimum atomic E-state index is 0.243. The quantitative estimate of drug-likeness (QED) is 0.766. The SMILES string of the molecule is OCC1COCCN1CC1CCCCC1. The highest BCUT2D eigenvalue weighted by Gasteiger charge is 2.25. The molecule has 1 saturated carbocycles. The van der Waals surface area contributed by atoms with E-state index in [1.54, 1.807) is 0 Å². The number of hydrogen-bond donors (Lipinski definition) is 1. The molecule has 88 valence electrons. The molecule has 2 fully saturated rings. The maximum absolute atomic E-state index is 9.27. The Labute approximate surface area is 92.4 Å². The molecule has 15 heavy (non-hydrogen) atoms. The Morgan fingerprint density at radius 2 is 2.00 bits per heavy atom. The van der Waals surface area contributed by atoms with Gasteiger partial charge in [0.15, 0.2) is 0 Å². The van der Waals surface area contributed by atoms with Crippen LogP contribution in [0.15, 0.2) is 0 Å². The lowest BCUT2D eigenvalue weighted by Gasteiger charge is -2.37. The molecule has 0 aromatic heterocycles. The van der Waals surface area contributed by atoms with Crippen LogP contribution in [-0.4, -0.2) is 49.0 Å². The highest BCUT2D eigenvalue weighted by molar-refractivity contribution is 4.78. The van der Waals surface area contributed by atoms with Crippen molar-refractivity contribution in [3.63, 3.8) is 0 Å². The monoisotopic (exact) mass is 213 g/mol. The average molecular weight is 213 g/mol. The second-order valence-electron chi connectivity index (χ2n) is 4.91. The number of ether oxygens (including phenoxy) is 1. The van der Waals surface area contributed by atoms with E-state index in [0.29, 0.717) is 6.61 Å². The molecule has 1 N–H and O–H groups in total. The van der Waals surface area contributed by atoms with Crippen LogP contribution in [0, 0.1) is 5.92 Å². The van der Waals surface area contributed by atoms with Gasteiger partial charge in [0.1, 0.15) is 0 Å². The fraction of sp³-hybridized carbons (Fsp3) is 1.00. The lowest BCUT2D eigenvalue weighted by Crippen LogP contribution is -2.49. The third kappa shape index (κ3) is 3.16. The highest BCUT2D eigenvalue weighted by Crippen LogP contribution is 2.25. The van der Waals surface area contributed by atoms with Crippen molar-refractivity contribution in [2.75, 3.05) is 32.9 Å². The number of aliphatic hydroxyl groups is 1. The number of morpholine rings is 1. The van der Waals surface area contributed by atoms with Crippen molar-refractivity contribution in [1.29, 1.82) is 0 Å². The van der Waals surface area contributed by atoms with Crippen LogP contribution < -0.4 is 0 Å². The zero-order valence-corrected chi connectivity index (χ0v) is 9.53. The van der Waals surface area contributed by atoms with E-state index in [1.165, 1.54) is 38.6 Å². The third-order valence-electron chi connectivity index (χ3n) is 3.78. The predicted octanol–water partition coefficient (Wildman–Crippen LogP) is 1.26. The Morgan fingerprint density at radius 1 is 1.20 bits per heavy atom. The molecule has 1 unspecified atom stereocenters. The summed E-state index contributed by atoms with van der Waals surface area (Å²) in [6.07, 6.45) is 6.99. The van der Waals surface area contributed by atoms with Crippen molar-refractivity contribution in [2.24, 2.45) is 5.92 Å². The second-order valence-corrected chi connectivity index (χ2v) is 4.91. The molecule has 0 aromatic carbocycles. The van der Waals surface area contributed by atoms with Crippen LogP contribution in [0.25, 0.3) is 0 Å². The van der Waals surface area contributed by atoms with E-state index in [-0.39, 0.29) is 12.6 Å². The molecule has 0 radical (unpaired) electrons. The van der Waals surface area contributed by atoms with Crippen LogP contribution in [-0.2, 0) is 4.74 Å². The molecule has 1 aliphatic carbocycles. The van der Waals surface area contributed by atoms with E-state index in [0.717, 1.165) is 19.1 Å². The largest absolute Gasteiger partial charge is 0.395 e. The molecule has 0 bridgehead atoms. The zero-order chi connectivity index (χ0) is 10.5. The Morgan fingerprint density at radius 3 is 2.73 bits per heavy atom. The summed E-state index contributed by atoms with van der Waals surface area (Å²) in [5, 5.41) is 9.27. The number of aliphatic hydroxyl groups excluding tert-OH is 1. The summed E-state index contributed by atoms with van der Waals surface area (Å²) in [4.78, 5) is 2.43. The Balaban J connectivity index is 1.79. The van der Waals surface area contributed by atoms with Gasteiger partial charge in [-0.2, -0.15) is 0 Å². The molecular weight excluding hydrogens is 190 g/mol. The van der Waals surface area contributed by atoms with Crippen molar-refractivity contribution in [1.82, 2.24) is 4.90 Å². The van der Waals surface area contributed by atoms with Crippen molar-refractivity contribution in [2.45, 2.75) is 38.1 Å². The summed E-state index contributed by atoms with van der Waals surface area (Å²) in [6, 6.07) is 0.251. The summed E-state index contributed by atoms with van der Waals surface area (Å²) < 4.78 is 5.39. The van der Waals surface area contributed by atoms with Crippen LogP contribution in [0.4, 0.5) is 0 Å². The summed E-state index contributed by atoms with van der Waals surface area (Å²) in [7, 11) is 0. The molecule has 2 aliphatic rings. The number of hydrogen-bond acceptors (Lipinski definition) is 3. The van der Waals surface area contributed by atoms with Crippen molar-refractivity contribution in [3.8, 4) is 0 Å². The third-order valence-corrected chi connectivity index (χ3v) is 3.78. The topological polar surface area (TPSA) is 32.7 Å². The van der Waals surface area contributed by atoms with Crippen molar-refractivity contribution >= 4 is 0 Å². The number of rotatable bonds is 3. The Bertz CT molecular complexity index is 180. The van der Waals surface area contributed by atoms with Crippen LogP contribution in [0.1, 0.15) is 32.1 Å². The minimum Gasteiger partial charge on any atom is -0.395 e. The van der Waals surface area contributed by atoms with Gasteiger partial charge in [-0.1, -0.05) is 19.3 Å². The van der Waals surface area contributed by atoms with E-state index in [9.17, 15) is 5.11 Å². The molecule has 1 aliphatic heterocycles. The second kappa shape index (κ2) is 5.83. The molecule has 1 saturated heterocycles. The number of nitrogens with zero attached hydrogens (tertiary/aromatic N) is 1. The average Bonchev–Trinajstić information content (AvgIpc) is 2.31.